The Balaban J connectivity index is 2.40. The molecule has 2 rings (SSSR count). The van der Waals surface area contributed by atoms with Gasteiger partial charge in [-0.25, -0.2) is 0 Å². The summed E-state index contributed by atoms with van der Waals surface area (Å²) in [7, 11) is 0. The van der Waals surface area contributed by atoms with Crippen LogP contribution in [0.3, 0.4) is 0 Å². The monoisotopic (exact) mass is 239 g/mol. The normalized spacial score (nSPS) is 21.1. The molecule has 1 aliphatic heterocycles. The lowest BCUT2D eigenvalue weighted by molar-refractivity contribution is 0.407. The molecule has 1 aliphatic rings. The summed E-state index contributed by atoms with van der Waals surface area (Å²) in [5.74, 6) is 0.240. The van der Waals surface area contributed by atoms with Gasteiger partial charge >= 0.3 is 0 Å². The fourth-order valence-corrected chi connectivity index (χ4v) is 2.57. The zero-order chi connectivity index (χ0) is 11.7. The quantitative estimate of drug-likeness (QED) is 0.787. The summed E-state index contributed by atoms with van der Waals surface area (Å²) < 4.78 is 0. The summed E-state index contributed by atoms with van der Waals surface area (Å²) in [6, 6.07) is 2.47. The number of phenolic OH excluding ortho intramolecular Hbond substituents is 1. The van der Waals surface area contributed by atoms with Crippen molar-refractivity contribution in [2.45, 2.75) is 39.2 Å². The lowest BCUT2D eigenvalue weighted by Gasteiger charge is -2.26. The summed E-state index contributed by atoms with van der Waals surface area (Å²) in [4.78, 5) is 0. The average Bonchev–Trinajstić information content (AvgIpc) is 2.32. The predicted octanol–water partition coefficient (Wildman–Crippen LogP) is 3.48. The van der Waals surface area contributed by atoms with Crippen LogP contribution in [0.5, 0.6) is 5.75 Å². The number of hydrogen-bond donors (Lipinski definition) is 2. The molecule has 16 heavy (non-hydrogen) atoms. The Labute approximate surface area is 102 Å². The maximum atomic E-state index is 9.94. The van der Waals surface area contributed by atoms with Crippen molar-refractivity contribution in [1.82, 2.24) is 5.32 Å². The Kier molecular flexibility index (Phi) is 3.41. The van der Waals surface area contributed by atoms with Crippen molar-refractivity contribution in [3.05, 3.63) is 27.8 Å². The van der Waals surface area contributed by atoms with Crippen LogP contribution in [0.2, 0.25) is 5.02 Å². The molecule has 1 aromatic carbocycles. The number of phenols is 1. The SMILES string of the molecule is Cc1cc(C2CCCCN2)c(C)c(O)c1Cl. The van der Waals surface area contributed by atoms with Gasteiger partial charge in [-0.15, -0.1) is 0 Å². The Hall–Kier alpha value is -0.730. The van der Waals surface area contributed by atoms with Gasteiger partial charge in [-0.05, 0) is 49.9 Å². The molecule has 1 atom stereocenters. The van der Waals surface area contributed by atoms with E-state index in [-0.39, 0.29) is 5.75 Å². The van der Waals surface area contributed by atoms with Crippen molar-refractivity contribution in [1.29, 1.82) is 0 Å². The van der Waals surface area contributed by atoms with Crippen LogP contribution in [0.4, 0.5) is 0 Å². The van der Waals surface area contributed by atoms with Crippen molar-refractivity contribution in [3.63, 3.8) is 0 Å². The summed E-state index contributed by atoms with van der Waals surface area (Å²) in [6.45, 7) is 4.94. The minimum atomic E-state index is 0.240. The first-order valence-electron chi connectivity index (χ1n) is 5.83. The molecule has 0 spiro atoms. The molecule has 0 saturated carbocycles. The maximum absolute atomic E-state index is 9.94. The lowest BCUT2D eigenvalue weighted by Crippen LogP contribution is -2.27. The van der Waals surface area contributed by atoms with Gasteiger partial charge in [0.2, 0.25) is 0 Å². The number of benzene rings is 1. The molecular formula is C13H18ClNO. The second kappa shape index (κ2) is 4.64. The van der Waals surface area contributed by atoms with Gasteiger partial charge in [0, 0.05) is 6.04 Å². The Morgan fingerprint density at radius 2 is 2.12 bits per heavy atom. The van der Waals surface area contributed by atoms with Crippen LogP contribution in [-0.2, 0) is 0 Å². The van der Waals surface area contributed by atoms with Crippen LogP contribution < -0.4 is 5.32 Å². The molecule has 0 radical (unpaired) electrons. The van der Waals surface area contributed by atoms with Gasteiger partial charge in [-0.2, -0.15) is 0 Å². The largest absolute Gasteiger partial charge is 0.506 e. The summed E-state index contributed by atoms with van der Waals surface area (Å²) in [5, 5.41) is 13.9. The van der Waals surface area contributed by atoms with E-state index >= 15 is 0 Å². The smallest absolute Gasteiger partial charge is 0.137 e. The van der Waals surface area contributed by atoms with Gasteiger partial charge in [0.25, 0.3) is 0 Å². The van der Waals surface area contributed by atoms with E-state index in [1.165, 1.54) is 18.4 Å². The summed E-state index contributed by atoms with van der Waals surface area (Å²) in [6.07, 6.45) is 3.63. The first-order valence-corrected chi connectivity index (χ1v) is 6.21. The van der Waals surface area contributed by atoms with Gasteiger partial charge in [0.15, 0.2) is 0 Å². The van der Waals surface area contributed by atoms with Crippen LogP contribution in [0.15, 0.2) is 6.07 Å². The van der Waals surface area contributed by atoms with Gasteiger partial charge in [0.1, 0.15) is 5.75 Å². The van der Waals surface area contributed by atoms with E-state index in [0.29, 0.717) is 11.1 Å². The number of halogens is 1. The van der Waals surface area contributed by atoms with Crippen LogP contribution in [0, 0.1) is 13.8 Å². The van der Waals surface area contributed by atoms with Crippen molar-refractivity contribution in [2.75, 3.05) is 6.54 Å². The van der Waals surface area contributed by atoms with Crippen LogP contribution in [0.1, 0.15) is 42.0 Å². The molecule has 1 heterocycles. The van der Waals surface area contributed by atoms with Crippen molar-refractivity contribution >= 4 is 11.6 Å². The molecule has 2 nitrogen and oxygen atoms in total. The van der Waals surface area contributed by atoms with E-state index in [4.69, 9.17) is 11.6 Å². The van der Waals surface area contributed by atoms with E-state index in [9.17, 15) is 5.11 Å². The standard InChI is InChI=1S/C13H18ClNO/c1-8-7-10(9(2)13(16)12(8)14)11-5-3-4-6-15-11/h7,11,15-16H,3-6H2,1-2H3. The molecule has 1 saturated heterocycles. The molecule has 3 heteroatoms. The van der Waals surface area contributed by atoms with Crippen molar-refractivity contribution < 1.29 is 5.11 Å². The first-order chi connectivity index (χ1) is 7.61. The van der Waals surface area contributed by atoms with Crippen molar-refractivity contribution in [3.8, 4) is 5.75 Å². The fourth-order valence-electron chi connectivity index (χ4n) is 2.37. The number of nitrogens with one attached hydrogen (secondary N) is 1. The number of hydrogen-bond acceptors (Lipinski definition) is 2. The number of aryl methyl sites for hydroxylation is 1. The van der Waals surface area contributed by atoms with Crippen LogP contribution in [-0.4, -0.2) is 11.7 Å². The molecule has 1 aromatic rings. The lowest BCUT2D eigenvalue weighted by atomic mass is 9.92. The van der Waals surface area contributed by atoms with E-state index in [1.807, 2.05) is 13.8 Å². The molecule has 1 fully saturated rings. The highest BCUT2D eigenvalue weighted by molar-refractivity contribution is 6.32. The topological polar surface area (TPSA) is 32.3 Å². The number of aromatic hydroxyl groups is 1. The Morgan fingerprint density at radius 1 is 1.38 bits per heavy atom. The molecule has 88 valence electrons. The zero-order valence-electron chi connectivity index (χ0n) is 9.81. The van der Waals surface area contributed by atoms with Gasteiger partial charge in [-0.1, -0.05) is 24.1 Å². The first kappa shape index (κ1) is 11.7. The van der Waals surface area contributed by atoms with E-state index < -0.39 is 0 Å². The second-order valence-corrected chi connectivity index (χ2v) is 4.95. The average molecular weight is 240 g/mol. The predicted molar refractivity (Wildman–Crippen MR) is 67.2 cm³/mol. The van der Waals surface area contributed by atoms with Gasteiger partial charge < -0.3 is 10.4 Å². The third kappa shape index (κ3) is 2.04. The zero-order valence-corrected chi connectivity index (χ0v) is 10.6. The fraction of sp³-hybridized carbons (Fsp3) is 0.538. The molecule has 0 amide bonds. The molecule has 1 unspecified atom stereocenters. The Bertz CT molecular complexity index is 397. The molecule has 0 aromatic heterocycles. The highest BCUT2D eigenvalue weighted by Gasteiger charge is 2.20. The second-order valence-electron chi connectivity index (χ2n) is 4.57. The van der Waals surface area contributed by atoms with E-state index in [2.05, 4.69) is 11.4 Å². The van der Waals surface area contributed by atoms with Crippen LogP contribution >= 0.6 is 11.6 Å². The van der Waals surface area contributed by atoms with E-state index in [1.54, 1.807) is 0 Å². The van der Waals surface area contributed by atoms with Gasteiger partial charge in [-0.3, -0.25) is 0 Å². The minimum absolute atomic E-state index is 0.240. The number of piperidine rings is 1. The Morgan fingerprint density at radius 3 is 2.75 bits per heavy atom. The molecule has 0 bridgehead atoms. The van der Waals surface area contributed by atoms with E-state index in [0.717, 1.165) is 24.1 Å². The highest BCUT2D eigenvalue weighted by atomic mass is 35.5. The minimum Gasteiger partial charge on any atom is -0.506 e. The third-order valence-corrected chi connectivity index (χ3v) is 3.88. The highest BCUT2D eigenvalue weighted by Crippen LogP contribution is 2.37. The molecule has 0 aliphatic carbocycles. The van der Waals surface area contributed by atoms with Gasteiger partial charge in [0.05, 0.1) is 5.02 Å². The maximum Gasteiger partial charge on any atom is 0.137 e. The summed E-state index contributed by atoms with van der Waals surface area (Å²) in [5.41, 5.74) is 3.06. The van der Waals surface area contributed by atoms with Crippen molar-refractivity contribution in [2.24, 2.45) is 0 Å². The summed E-state index contributed by atoms with van der Waals surface area (Å²) >= 11 is 6.02. The molecule has 2 N–H and O–H groups in total. The third-order valence-electron chi connectivity index (χ3n) is 3.40. The van der Waals surface area contributed by atoms with Crippen LogP contribution in [0.25, 0.3) is 0 Å². The molecular weight excluding hydrogens is 222 g/mol. The number of rotatable bonds is 1.